The monoisotopic (exact) mass is 213 g/mol. The molecular formula is C9H15N3OS. The molecule has 0 aliphatic carbocycles. The number of aromatic nitrogens is 1. The van der Waals surface area contributed by atoms with Crippen molar-refractivity contribution in [1.82, 2.24) is 9.69 Å². The minimum absolute atomic E-state index is 0.294. The smallest absolute Gasteiger partial charge is 0.0872 e. The van der Waals surface area contributed by atoms with Gasteiger partial charge in [-0.2, -0.15) is 0 Å². The van der Waals surface area contributed by atoms with Crippen LogP contribution in [0.15, 0.2) is 12.3 Å². The van der Waals surface area contributed by atoms with Crippen molar-refractivity contribution in [3.05, 3.63) is 17.1 Å². The summed E-state index contributed by atoms with van der Waals surface area (Å²) >= 11 is 1.37. The van der Waals surface area contributed by atoms with E-state index in [2.05, 4.69) is 9.69 Å². The molecule has 0 radical (unpaired) electrons. The zero-order chi connectivity index (χ0) is 10.0. The fourth-order valence-electron chi connectivity index (χ4n) is 1.82. The number of nitrogens with one attached hydrogen (secondary N) is 1. The van der Waals surface area contributed by atoms with Gasteiger partial charge in [0.1, 0.15) is 0 Å². The van der Waals surface area contributed by atoms with Gasteiger partial charge in [0.2, 0.25) is 0 Å². The molecule has 0 bridgehead atoms. The van der Waals surface area contributed by atoms with Gasteiger partial charge < -0.3 is 16.2 Å². The van der Waals surface area contributed by atoms with Gasteiger partial charge in [-0.15, -0.1) is 0 Å². The Bertz CT molecular complexity index is 282. The van der Waals surface area contributed by atoms with E-state index in [4.69, 9.17) is 5.73 Å². The van der Waals surface area contributed by atoms with Crippen molar-refractivity contribution in [2.24, 2.45) is 5.73 Å². The third-order valence-corrected chi connectivity index (χ3v) is 3.64. The first kappa shape index (κ1) is 10.0. The lowest BCUT2D eigenvalue weighted by atomic mass is 9.85. The number of nitrogens with two attached hydrogens (primary N) is 1. The highest BCUT2D eigenvalue weighted by molar-refractivity contribution is 7.05. The van der Waals surface area contributed by atoms with E-state index in [1.165, 1.54) is 11.5 Å². The maximum absolute atomic E-state index is 10.3. The second kappa shape index (κ2) is 3.94. The van der Waals surface area contributed by atoms with Gasteiger partial charge >= 0.3 is 0 Å². The molecule has 1 fully saturated rings. The SMILES string of the molecule is NC(c1ccns1)C1(O)CCNCC1. The predicted molar refractivity (Wildman–Crippen MR) is 56.1 cm³/mol. The van der Waals surface area contributed by atoms with Crippen LogP contribution in [0.1, 0.15) is 23.8 Å². The summed E-state index contributed by atoms with van der Waals surface area (Å²) in [6.07, 6.45) is 3.16. The summed E-state index contributed by atoms with van der Waals surface area (Å²) in [5, 5.41) is 13.5. The molecule has 0 spiro atoms. The standard InChI is InChI=1S/C9H15N3OS/c10-8(7-1-4-12-14-7)9(13)2-5-11-6-3-9/h1,4,8,11,13H,2-3,5-6,10H2. The maximum atomic E-state index is 10.3. The predicted octanol–water partition coefficient (Wildman–Crippen LogP) is 0.257. The second-order valence-electron chi connectivity index (χ2n) is 3.75. The molecule has 5 heteroatoms. The highest BCUT2D eigenvalue weighted by Crippen LogP contribution is 2.32. The molecule has 1 aromatic heterocycles. The van der Waals surface area contributed by atoms with Gasteiger partial charge in [0.05, 0.1) is 11.6 Å². The lowest BCUT2D eigenvalue weighted by Crippen LogP contribution is -2.48. The van der Waals surface area contributed by atoms with E-state index < -0.39 is 5.60 Å². The van der Waals surface area contributed by atoms with Gasteiger partial charge in [-0.25, -0.2) is 4.37 Å². The van der Waals surface area contributed by atoms with Crippen LogP contribution in [-0.4, -0.2) is 28.2 Å². The molecular weight excluding hydrogens is 198 g/mol. The number of piperidine rings is 1. The number of aliphatic hydroxyl groups is 1. The summed E-state index contributed by atoms with van der Waals surface area (Å²) < 4.78 is 4.00. The van der Waals surface area contributed by atoms with Gasteiger partial charge in [-0.1, -0.05) is 0 Å². The normalized spacial score (nSPS) is 23.3. The summed E-state index contributed by atoms with van der Waals surface area (Å²) in [6.45, 7) is 1.67. The van der Waals surface area contributed by atoms with Gasteiger partial charge in [0.25, 0.3) is 0 Å². The molecule has 1 aromatic rings. The van der Waals surface area contributed by atoms with E-state index in [1.807, 2.05) is 6.07 Å². The Labute approximate surface area is 87.3 Å². The van der Waals surface area contributed by atoms with Crippen molar-refractivity contribution < 1.29 is 5.11 Å². The lowest BCUT2D eigenvalue weighted by molar-refractivity contribution is -0.0133. The van der Waals surface area contributed by atoms with Gasteiger partial charge in [-0.3, -0.25) is 0 Å². The van der Waals surface area contributed by atoms with Crippen LogP contribution in [0.2, 0.25) is 0 Å². The van der Waals surface area contributed by atoms with Crippen LogP contribution in [0.25, 0.3) is 0 Å². The van der Waals surface area contributed by atoms with Crippen molar-refractivity contribution in [2.75, 3.05) is 13.1 Å². The number of rotatable bonds is 2. The maximum Gasteiger partial charge on any atom is 0.0872 e. The first-order chi connectivity index (χ1) is 6.72. The van der Waals surface area contributed by atoms with Crippen LogP contribution in [0.5, 0.6) is 0 Å². The molecule has 0 aromatic carbocycles. The van der Waals surface area contributed by atoms with Crippen LogP contribution in [0.3, 0.4) is 0 Å². The van der Waals surface area contributed by atoms with E-state index in [1.54, 1.807) is 6.20 Å². The second-order valence-corrected chi connectivity index (χ2v) is 4.61. The molecule has 14 heavy (non-hydrogen) atoms. The number of hydrogen-bond acceptors (Lipinski definition) is 5. The van der Waals surface area contributed by atoms with Gasteiger partial charge in [0, 0.05) is 11.1 Å². The highest BCUT2D eigenvalue weighted by atomic mass is 32.1. The summed E-state index contributed by atoms with van der Waals surface area (Å²) in [4.78, 5) is 0.967. The molecule has 1 aliphatic heterocycles. The van der Waals surface area contributed by atoms with Crippen LogP contribution in [0, 0.1) is 0 Å². The molecule has 0 saturated carbocycles. The Morgan fingerprint density at radius 3 is 2.86 bits per heavy atom. The summed E-state index contributed by atoms with van der Waals surface area (Å²) in [7, 11) is 0. The van der Waals surface area contributed by atoms with Gasteiger partial charge in [-0.05, 0) is 43.5 Å². The molecule has 0 amide bonds. The Morgan fingerprint density at radius 2 is 2.29 bits per heavy atom. The molecule has 2 rings (SSSR count). The Kier molecular flexibility index (Phi) is 2.83. The molecule has 1 aliphatic rings. The van der Waals surface area contributed by atoms with Crippen LogP contribution in [0.4, 0.5) is 0 Å². The van der Waals surface area contributed by atoms with E-state index >= 15 is 0 Å². The van der Waals surface area contributed by atoms with E-state index in [-0.39, 0.29) is 6.04 Å². The van der Waals surface area contributed by atoms with Crippen LogP contribution in [-0.2, 0) is 0 Å². The van der Waals surface area contributed by atoms with Crippen molar-refractivity contribution in [3.8, 4) is 0 Å². The molecule has 1 atom stereocenters. The minimum atomic E-state index is -0.752. The topological polar surface area (TPSA) is 71.2 Å². The fourth-order valence-corrected chi connectivity index (χ4v) is 2.52. The first-order valence-electron chi connectivity index (χ1n) is 4.82. The Morgan fingerprint density at radius 1 is 1.57 bits per heavy atom. The quantitative estimate of drug-likeness (QED) is 0.659. The third kappa shape index (κ3) is 1.81. The summed E-state index contributed by atoms with van der Waals surface area (Å²) in [5.74, 6) is 0. The average Bonchev–Trinajstić information content (AvgIpc) is 2.70. The van der Waals surface area contributed by atoms with Crippen LogP contribution >= 0.6 is 11.5 Å². The van der Waals surface area contributed by atoms with Crippen molar-refractivity contribution in [1.29, 1.82) is 0 Å². The first-order valence-corrected chi connectivity index (χ1v) is 5.59. The zero-order valence-electron chi connectivity index (χ0n) is 7.94. The molecule has 4 N–H and O–H groups in total. The van der Waals surface area contributed by atoms with Gasteiger partial charge in [0.15, 0.2) is 0 Å². The van der Waals surface area contributed by atoms with Crippen molar-refractivity contribution in [3.63, 3.8) is 0 Å². The lowest BCUT2D eigenvalue weighted by Gasteiger charge is -2.36. The van der Waals surface area contributed by atoms with E-state index in [0.29, 0.717) is 12.8 Å². The molecule has 1 unspecified atom stereocenters. The van der Waals surface area contributed by atoms with E-state index in [9.17, 15) is 5.11 Å². The number of hydrogen-bond donors (Lipinski definition) is 3. The third-order valence-electron chi connectivity index (χ3n) is 2.81. The highest BCUT2D eigenvalue weighted by Gasteiger charge is 2.37. The van der Waals surface area contributed by atoms with Crippen molar-refractivity contribution >= 4 is 11.5 Å². The average molecular weight is 213 g/mol. The largest absolute Gasteiger partial charge is 0.388 e. The van der Waals surface area contributed by atoms with E-state index in [0.717, 1.165) is 18.0 Å². The molecule has 4 nitrogen and oxygen atoms in total. The molecule has 2 heterocycles. The van der Waals surface area contributed by atoms with Crippen molar-refractivity contribution in [2.45, 2.75) is 24.5 Å². The molecule has 1 saturated heterocycles. The zero-order valence-corrected chi connectivity index (χ0v) is 8.76. The fraction of sp³-hybridized carbons (Fsp3) is 0.667. The Hall–Kier alpha value is -0.490. The molecule has 78 valence electrons. The summed E-state index contributed by atoms with van der Waals surface area (Å²) in [6, 6.07) is 1.59. The Balaban J connectivity index is 2.13. The minimum Gasteiger partial charge on any atom is -0.388 e. The number of nitrogens with zero attached hydrogens (tertiary/aromatic N) is 1. The van der Waals surface area contributed by atoms with Crippen LogP contribution < -0.4 is 11.1 Å². The summed E-state index contributed by atoms with van der Waals surface area (Å²) in [5.41, 5.74) is 5.29.